The van der Waals surface area contributed by atoms with Crippen molar-refractivity contribution in [2.75, 3.05) is 0 Å². The van der Waals surface area contributed by atoms with Gasteiger partial charge in [0.25, 0.3) is 6.33 Å². The predicted molar refractivity (Wildman–Crippen MR) is 351 cm³/mol. The molecule has 0 atom stereocenters. The Morgan fingerprint density at radius 1 is 0.494 bits per heavy atom. The summed E-state index contributed by atoms with van der Waals surface area (Å²) < 4.78 is 201. The van der Waals surface area contributed by atoms with Crippen LogP contribution in [0.5, 0.6) is 11.5 Å². The van der Waals surface area contributed by atoms with Gasteiger partial charge in [0.05, 0.1) is 44.1 Å². The van der Waals surface area contributed by atoms with Crippen molar-refractivity contribution < 1.29 is 57.8 Å². The van der Waals surface area contributed by atoms with E-state index in [9.17, 15) is 19.2 Å². The van der Waals surface area contributed by atoms with Crippen LogP contribution in [0.1, 0.15) is 106 Å². The van der Waals surface area contributed by atoms with E-state index in [-0.39, 0.29) is 82.3 Å². The Kier molecular flexibility index (Phi) is 9.90. The molecule has 0 fully saturated rings. The number of nitrogens with zero attached hydrogens (tertiary/aromatic N) is 4. The number of imidazole rings is 1. The van der Waals surface area contributed by atoms with Crippen molar-refractivity contribution in [1.29, 1.82) is 0 Å². The Labute approximate surface area is 544 Å². The number of benzene rings is 10. The summed E-state index contributed by atoms with van der Waals surface area (Å²) in [6, 6.07) is 26.1. The molecule has 3 aromatic heterocycles. The van der Waals surface area contributed by atoms with Crippen LogP contribution in [0.25, 0.3) is 72.3 Å². The third-order valence-electron chi connectivity index (χ3n) is 15.3. The van der Waals surface area contributed by atoms with Crippen LogP contribution in [0.15, 0.2) is 248 Å². The summed E-state index contributed by atoms with van der Waals surface area (Å²) in [5, 5.41) is -0.526. The van der Waals surface area contributed by atoms with E-state index in [0.717, 1.165) is 33.0 Å². The molecule has 7 heteroatoms. The van der Waals surface area contributed by atoms with Crippen LogP contribution >= 0.6 is 0 Å². The van der Waals surface area contributed by atoms with Gasteiger partial charge in [0.15, 0.2) is 8.07 Å². The molecule has 0 saturated heterocycles. The first-order chi connectivity index (χ1) is 48.8. The molecule has 3 heterocycles. The third-order valence-corrected chi connectivity index (χ3v) is 19.5. The standard InChI is InChI=1S/C78H68N4OSi.Pt/c1-76(2,3)57-44-45-79-74(50-57)82-69-38-23-22-36-67(69)68-42-41-62(52-71(68)82)83-61-29-24-28-60(51-61)80-53-81(70-43-40-55(48-72(70)80)54-26-14-10-15-27-54)75-66(56-46-58(77(4,5)6)49-59(47-56)78(7,8)9)37-25-39-73(75)84(63-30-16-11-17-31-63,64-32-18-12-19-33-64)65-34-20-13-21-35-65;/h10-50H,1-9H3;/q-2;/i10D,11D,12D,13D,14D,15D,16D,17D,18D,19D,20D,21D,26D,27D,30D,31D,32D,33D,34D,35D;. The third kappa shape index (κ3) is 10.5. The molecule has 0 spiro atoms. The number of ether oxygens (including phenoxy) is 1. The minimum absolute atomic E-state index is 0. The quantitative estimate of drug-likeness (QED) is 0.0560. The van der Waals surface area contributed by atoms with Gasteiger partial charge in [0, 0.05) is 44.3 Å². The summed E-state index contributed by atoms with van der Waals surface area (Å²) in [6.07, 6.45) is 5.32. The first-order valence-corrected chi connectivity index (χ1v) is 29.5. The van der Waals surface area contributed by atoms with E-state index < -0.39 is 155 Å². The van der Waals surface area contributed by atoms with Crippen molar-refractivity contribution in [1.82, 2.24) is 14.1 Å². The Hall–Kier alpha value is -8.67. The smallest absolute Gasteiger partial charge is 0.268 e. The summed E-state index contributed by atoms with van der Waals surface area (Å²) in [5.41, 5.74) is 4.17. The van der Waals surface area contributed by atoms with Crippen molar-refractivity contribution in [3.8, 4) is 50.9 Å². The molecule has 0 aliphatic rings. The largest absolute Gasteiger partial charge is 0.510 e. The van der Waals surface area contributed by atoms with Crippen LogP contribution in [-0.2, 0) is 37.3 Å². The van der Waals surface area contributed by atoms with E-state index in [1.54, 1.807) is 63.9 Å². The zero-order valence-electron chi connectivity index (χ0n) is 68.1. The van der Waals surface area contributed by atoms with Gasteiger partial charge in [-0.15, -0.1) is 29.7 Å². The fraction of sp³-hybridized carbons (Fsp3) is 0.154. The molecular formula is C78H68N4OPtSi-2. The number of fused-ring (bicyclic) bond motifs is 4. The molecule has 0 saturated carbocycles. The van der Waals surface area contributed by atoms with Crippen LogP contribution in [0.2, 0.25) is 0 Å². The Morgan fingerprint density at radius 3 is 1.71 bits per heavy atom. The first-order valence-electron chi connectivity index (χ1n) is 37.5. The topological polar surface area (TPSA) is 35.9 Å². The maximum atomic E-state index is 10.1. The van der Waals surface area contributed by atoms with Gasteiger partial charge < -0.3 is 13.9 Å². The van der Waals surface area contributed by atoms with Crippen LogP contribution in [0.4, 0.5) is 0 Å². The minimum Gasteiger partial charge on any atom is -0.510 e. The summed E-state index contributed by atoms with van der Waals surface area (Å²) >= 11 is 0. The van der Waals surface area contributed by atoms with Gasteiger partial charge in [-0.3, -0.25) is 4.57 Å². The maximum Gasteiger partial charge on any atom is 0.268 e. The molecular weight excluding hydrogens is 1230 g/mol. The molecule has 5 nitrogen and oxygen atoms in total. The molecule has 10 aromatic carbocycles. The molecule has 85 heavy (non-hydrogen) atoms. The van der Waals surface area contributed by atoms with Gasteiger partial charge in [-0.05, 0) is 111 Å². The zero-order chi connectivity index (χ0) is 75.4. The molecule has 0 aliphatic carbocycles. The van der Waals surface area contributed by atoms with Gasteiger partial charge in [0.1, 0.15) is 5.82 Å². The molecule has 13 rings (SSSR count). The fourth-order valence-corrected chi connectivity index (χ4v) is 15.0. The van der Waals surface area contributed by atoms with E-state index in [4.69, 9.17) is 17.9 Å². The Bertz CT molecular complexity index is 5520. The van der Waals surface area contributed by atoms with E-state index in [0.29, 0.717) is 16.9 Å². The van der Waals surface area contributed by atoms with E-state index in [1.807, 2.05) is 94.6 Å². The number of para-hydroxylation sites is 2. The maximum absolute atomic E-state index is 10.1. The van der Waals surface area contributed by atoms with Gasteiger partial charge >= 0.3 is 0 Å². The van der Waals surface area contributed by atoms with Gasteiger partial charge in [-0.25, -0.2) is 4.98 Å². The molecule has 422 valence electrons. The van der Waals surface area contributed by atoms with Crippen molar-refractivity contribution in [3.63, 3.8) is 0 Å². The van der Waals surface area contributed by atoms with E-state index >= 15 is 0 Å². The molecule has 0 bridgehead atoms. The second kappa shape index (κ2) is 22.4. The molecule has 13 aromatic rings. The van der Waals surface area contributed by atoms with Crippen molar-refractivity contribution in [3.05, 3.63) is 284 Å². The molecule has 0 amide bonds. The molecule has 0 radical (unpaired) electrons. The number of rotatable bonds is 11. The minimum atomic E-state index is -5.98. The van der Waals surface area contributed by atoms with Gasteiger partial charge in [-0.1, -0.05) is 255 Å². The van der Waals surface area contributed by atoms with Crippen molar-refractivity contribution in [2.24, 2.45) is 0 Å². The summed E-state index contributed by atoms with van der Waals surface area (Å²) in [5.74, 6) is 1.09. The number of pyridine rings is 1. The van der Waals surface area contributed by atoms with Crippen LogP contribution in [-0.4, -0.2) is 22.2 Å². The normalized spacial score (nSPS) is 15.5. The molecule has 0 N–H and O–H groups in total. The summed E-state index contributed by atoms with van der Waals surface area (Å²) in [4.78, 5) is 4.84. The molecule has 0 unspecified atom stereocenters. The number of aromatic nitrogens is 4. The Balaban J connectivity index is 0.0000104. The summed E-state index contributed by atoms with van der Waals surface area (Å²) in [7, 11) is -5.98. The second-order valence-corrected chi connectivity index (χ2v) is 27.4. The number of hydrogen-bond acceptors (Lipinski definition) is 2. The number of hydrogen-bond donors (Lipinski definition) is 0. The summed E-state index contributed by atoms with van der Waals surface area (Å²) in [6.45, 7) is 18.6. The van der Waals surface area contributed by atoms with Gasteiger partial charge in [0.2, 0.25) is 0 Å². The predicted octanol–water partition coefficient (Wildman–Crippen LogP) is 16.2. The second-order valence-electron chi connectivity index (χ2n) is 23.8. The zero-order valence-corrected chi connectivity index (χ0v) is 51.4. The SMILES string of the molecule is [2H]c1c([2H])c([2H])c(-c2ccc3c(c2)n(-c2[c-]c(Oc4[c-]c5c(cc4)c4ccccc4n5-c4cc(C(C)(C)C)ccn4)ccc2)[c-][n+]3-c2c(-c3cc(C(C)(C)C)cc(C(C)(C)C)c3)cccc2[Si](c2c([2H])c([2H])c([2H])c([2H])c2[2H])(c2c([2H])c([2H])c([2H])c([2H])c2[2H])c2c([2H])c([2H])c([2H])c([2H])c2[2H])c([2H])c1[2H].[Pt]. The molecule has 0 aliphatic heterocycles. The average molecular weight is 1320 g/mol. The monoisotopic (exact) mass is 1320 g/mol. The first kappa shape index (κ1) is 37.6. The van der Waals surface area contributed by atoms with Crippen molar-refractivity contribution >= 4 is 61.7 Å². The van der Waals surface area contributed by atoms with Crippen LogP contribution < -0.4 is 30.1 Å². The Morgan fingerprint density at radius 2 is 1.08 bits per heavy atom. The fourth-order valence-electron chi connectivity index (χ4n) is 11.0. The van der Waals surface area contributed by atoms with E-state index in [2.05, 4.69) is 51.4 Å². The average Bonchev–Trinajstić information content (AvgIpc) is 0.921. The van der Waals surface area contributed by atoms with E-state index in [1.165, 1.54) is 12.1 Å². The van der Waals surface area contributed by atoms with Crippen LogP contribution in [0, 0.1) is 18.5 Å². The van der Waals surface area contributed by atoms with Gasteiger partial charge in [-0.2, -0.15) is 18.2 Å². The van der Waals surface area contributed by atoms with Crippen molar-refractivity contribution in [2.45, 2.75) is 78.6 Å². The van der Waals surface area contributed by atoms with Crippen LogP contribution in [0.3, 0.4) is 0 Å².